The third-order valence-electron chi connectivity index (χ3n) is 4.10. The second-order valence-corrected chi connectivity index (χ2v) is 7.39. The van der Waals surface area contributed by atoms with E-state index < -0.39 is 0 Å². The van der Waals surface area contributed by atoms with Crippen molar-refractivity contribution in [3.63, 3.8) is 0 Å². The fourth-order valence-corrected chi connectivity index (χ4v) is 3.64. The molecule has 1 aromatic carbocycles. The van der Waals surface area contributed by atoms with Crippen LogP contribution in [-0.4, -0.2) is 24.7 Å². The van der Waals surface area contributed by atoms with E-state index in [-0.39, 0.29) is 0 Å². The standard InChI is InChI=1S/C15H13Cl2N5S/c1-22-14(8-3-2-4-8)20-21-15(22)23-13-7-18-11-5-9(16)10(17)6-12(11)19-13/h5-8H,2-4H2,1H3. The molecule has 0 bridgehead atoms. The molecule has 3 aromatic rings. The normalized spacial score (nSPS) is 15.1. The largest absolute Gasteiger partial charge is 0.309 e. The zero-order valence-corrected chi connectivity index (χ0v) is 14.7. The number of hydrogen-bond acceptors (Lipinski definition) is 5. The van der Waals surface area contributed by atoms with Gasteiger partial charge in [0.15, 0.2) is 5.16 Å². The molecule has 0 amide bonds. The van der Waals surface area contributed by atoms with Crippen molar-refractivity contribution < 1.29 is 0 Å². The minimum absolute atomic E-state index is 0.474. The summed E-state index contributed by atoms with van der Waals surface area (Å²) in [7, 11) is 2.00. The van der Waals surface area contributed by atoms with Crippen LogP contribution in [0.15, 0.2) is 28.5 Å². The molecule has 0 unspecified atom stereocenters. The Morgan fingerprint density at radius 2 is 1.87 bits per heavy atom. The van der Waals surface area contributed by atoms with Crippen molar-refractivity contribution in [2.75, 3.05) is 0 Å². The number of aromatic nitrogens is 5. The summed E-state index contributed by atoms with van der Waals surface area (Å²) in [5.74, 6) is 1.60. The Morgan fingerprint density at radius 3 is 2.57 bits per heavy atom. The fourth-order valence-electron chi connectivity index (χ4n) is 2.57. The maximum atomic E-state index is 6.05. The van der Waals surface area contributed by atoms with Crippen molar-refractivity contribution in [2.45, 2.75) is 35.4 Å². The predicted molar refractivity (Wildman–Crippen MR) is 91.3 cm³/mol. The van der Waals surface area contributed by atoms with Gasteiger partial charge in [-0.3, -0.25) is 4.98 Å². The van der Waals surface area contributed by atoms with Crippen molar-refractivity contribution in [1.29, 1.82) is 0 Å². The van der Waals surface area contributed by atoms with E-state index in [1.54, 1.807) is 18.3 Å². The fraction of sp³-hybridized carbons (Fsp3) is 0.333. The second-order valence-electron chi connectivity index (χ2n) is 5.59. The quantitative estimate of drug-likeness (QED) is 0.684. The van der Waals surface area contributed by atoms with Gasteiger partial charge in [-0.25, -0.2) is 4.98 Å². The van der Waals surface area contributed by atoms with Crippen molar-refractivity contribution >= 4 is 46.0 Å². The minimum Gasteiger partial charge on any atom is -0.309 e. The van der Waals surface area contributed by atoms with Crippen LogP contribution in [0.4, 0.5) is 0 Å². The third-order valence-corrected chi connectivity index (χ3v) is 5.76. The first-order valence-electron chi connectivity index (χ1n) is 7.31. The summed E-state index contributed by atoms with van der Waals surface area (Å²) in [5.41, 5.74) is 1.43. The number of benzene rings is 1. The highest BCUT2D eigenvalue weighted by molar-refractivity contribution is 7.99. The molecular weight excluding hydrogens is 353 g/mol. The van der Waals surface area contributed by atoms with Crippen LogP contribution in [0, 0.1) is 0 Å². The van der Waals surface area contributed by atoms with Crippen LogP contribution >= 0.6 is 35.0 Å². The molecule has 1 saturated carbocycles. The number of hydrogen-bond donors (Lipinski definition) is 0. The minimum atomic E-state index is 0.474. The van der Waals surface area contributed by atoms with Gasteiger partial charge >= 0.3 is 0 Å². The molecule has 1 aliphatic rings. The average molecular weight is 366 g/mol. The van der Waals surface area contributed by atoms with Gasteiger partial charge in [-0.05, 0) is 36.7 Å². The Hall–Kier alpha value is -1.37. The van der Waals surface area contributed by atoms with E-state index in [0.29, 0.717) is 21.5 Å². The van der Waals surface area contributed by atoms with Gasteiger partial charge < -0.3 is 4.57 Å². The Balaban J connectivity index is 1.65. The summed E-state index contributed by atoms with van der Waals surface area (Å²) in [6.07, 6.45) is 5.39. The molecule has 2 aromatic heterocycles. The van der Waals surface area contributed by atoms with Gasteiger partial charge in [-0.1, -0.05) is 29.6 Å². The summed E-state index contributed by atoms with van der Waals surface area (Å²) in [5, 5.41) is 11.1. The summed E-state index contributed by atoms with van der Waals surface area (Å²) >= 11 is 13.5. The average Bonchev–Trinajstić information content (AvgIpc) is 2.81. The molecule has 23 heavy (non-hydrogen) atoms. The van der Waals surface area contributed by atoms with E-state index in [9.17, 15) is 0 Å². The van der Waals surface area contributed by atoms with E-state index in [4.69, 9.17) is 23.2 Å². The smallest absolute Gasteiger partial charge is 0.197 e. The van der Waals surface area contributed by atoms with E-state index >= 15 is 0 Å². The lowest BCUT2D eigenvalue weighted by Crippen LogP contribution is -2.14. The Morgan fingerprint density at radius 1 is 1.13 bits per heavy atom. The van der Waals surface area contributed by atoms with Gasteiger partial charge in [0.2, 0.25) is 0 Å². The Labute approximate surface area is 147 Å². The molecule has 1 aliphatic carbocycles. The summed E-state index contributed by atoms with van der Waals surface area (Å²) in [4.78, 5) is 8.97. The van der Waals surface area contributed by atoms with Crippen LogP contribution in [0.25, 0.3) is 11.0 Å². The molecule has 1 fully saturated rings. The SMILES string of the molecule is Cn1c(Sc2cnc3cc(Cl)c(Cl)cc3n2)nnc1C1CCC1. The zero-order chi connectivity index (χ0) is 16.0. The van der Waals surface area contributed by atoms with Crippen molar-refractivity contribution in [1.82, 2.24) is 24.7 Å². The van der Waals surface area contributed by atoms with E-state index in [0.717, 1.165) is 21.5 Å². The first-order valence-corrected chi connectivity index (χ1v) is 8.88. The van der Waals surface area contributed by atoms with Crippen LogP contribution < -0.4 is 0 Å². The Bertz CT molecular complexity index is 891. The van der Waals surface area contributed by atoms with E-state index in [2.05, 4.69) is 24.7 Å². The number of nitrogens with zero attached hydrogens (tertiary/aromatic N) is 5. The van der Waals surface area contributed by atoms with Gasteiger partial charge in [0.1, 0.15) is 10.9 Å². The maximum Gasteiger partial charge on any atom is 0.197 e. The van der Waals surface area contributed by atoms with Crippen molar-refractivity contribution in [3.05, 3.63) is 34.2 Å². The van der Waals surface area contributed by atoms with Gasteiger partial charge in [0, 0.05) is 13.0 Å². The van der Waals surface area contributed by atoms with E-state index in [1.807, 2.05) is 7.05 Å². The van der Waals surface area contributed by atoms with Crippen LogP contribution in [0.5, 0.6) is 0 Å². The topological polar surface area (TPSA) is 56.5 Å². The summed E-state index contributed by atoms with van der Waals surface area (Å²) < 4.78 is 2.05. The lowest BCUT2D eigenvalue weighted by molar-refractivity contribution is 0.390. The molecule has 0 aliphatic heterocycles. The lowest BCUT2D eigenvalue weighted by Gasteiger charge is -2.23. The second kappa shape index (κ2) is 5.92. The summed E-state index contributed by atoms with van der Waals surface area (Å²) in [6, 6.07) is 3.45. The van der Waals surface area contributed by atoms with Crippen molar-refractivity contribution in [3.8, 4) is 0 Å². The molecule has 118 valence electrons. The highest BCUT2D eigenvalue weighted by Gasteiger charge is 2.25. The predicted octanol–water partition coefficient (Wildman–Crippen LogP) is 4.48. The molecule has 0 spiro atoms. The van der Waals surface area contributed by atoms with Gasteiger partial charge in [0.25, 0.3) is 0 Å². The molecule has 0 saturated heterocycles. The highest BCUT2D eigenvalue weighted by Crippen LogP contribution is 2.37. The molecular formula is C15H13Cl2N5S. The summed E-state index contributed by atoms with van der Waals surface area (Å²) in [6.45, 7) is 0. The monoisotopic (exact) mass is 365 g/mol. The molecule has 4 rings (SSSR count). The van der Waals surface area contributed by atoms with Crippen LogP contribution in [0.3, 0.4) is 0 Å². The third kappa shape index (κ3) is 2.79. The van der Waals surface area contributed by atoms with Crippen LogP contribution in [0.2, 0.25) is 10.0 Å². The number of halogens is 2. The zero-order valence-electron chi connectivity index (χ0n) is 12.3. The lowest BCUT2D eigenvalue weighted by atomic mass is 9.85. The van der Waals surface area contributed by atoms with Crippen LogP contribution in [-0.2, 0) is 7.05 Å². The Kier molecular flexibility index (Phi) is 3.91. The molecule has 5 nitrogen and oxygen atoms in total. The van der Waals surface area contributed by atoms with Gasteiger partial charge in [0.05, 0.1) is 27.3 Å². The van der Waals surface area contributed by atoms with Crippen molar-refractivity contribution in [2.24, 2.45) is 7.05 Å². The molecule has 0 N–H and O–H groups in total. The van der Waals surface area contributed by atoms with Gasteiger partial charge in [-0.15, -0.1) is 10.2 Å². The number of rotatable bonds is 3. The molecule has 2 heterocycles. The molecule has 8 heteroatoms. The first kappa shape index (κ1) is 15.2. The van der Waals surface area contributed by atoms with Crippen LogP contribution in [0.1, 0.15) is 31.0 Å². The molecule has 0 radical (unpaired) electrons. The molecule has 0 atom stereocenters. The maximum absolute atomic E-state index is 6.05. The number of fused-ring (bicyclic) bond motifs is 1. The first-order chi connectivity index (χ1) is 11.1. The highest BCUT2D eigenvalue weighted by atomic mass is 35.5. The van der Waals surface area contributed by atoms with Gasteiger partial charge in [-0.2, -0.15) is 0 Å². The van der Waals surface area contributed by atoms with E-state index in [1.165, 1.54) is 31.0 Å².